The van der Waals surface area contributed by atoms with Gasteiger partial charge in [0.2, 0.25) is 11.8 Å². The van der Waals surface area contributed by atoms with Crippen LogP contribution in [0.15, 0.2) is 39.8 Å². The Labute approximate surface area is 159 Å². The van der Waals surface area contributed by atoms with Crippen molar-refractivity contribution in [1.29, 1.82) is 0 Å². The Hall–Kier alpha value is -2.90. The third-order valence-corrected chi connectivity index (χ3v) is 4.28. The molecule has 1 aliphatic rings. The zero-order valence-electron chi connectivity index (χ0n) is 16.2. The van der Waals surface area contributed by atoms with Crippen molar-refractivity contribution in [2.75, 3.05) is 18.5 Å². The zero-order chi connectivity index (χ0) is 19.4. The van der Waals surface area contributed by atoms with Gasteiger partial charge in [-0.25, -0.2) is 0 Å². The van der Waals surface area contributed by atoms with E-state index in [-0.39, 0.29) is 17.4 Å². The summed E-state index contributed by atoms with van der Waals surface area (Å²) in [4.78, 5) is 22.7. The summed E-state index contributed by atoms with van der Waals surface area (Å²) in [5.41, 5.74) is 0.729. The molecule has 2 aromatic rings. The minimum atomic E-state index is -0.184. The Morgan fingerprint density at radius 3 is 2.70 bits per heavy atom. The van der Waals surface area contributed by atoms with Gasteiger partial charge in [-0.3, -0.25) is 9.79 Å². The van der Waals surface area contributed by atoms with Crippen LogP contribution in [0, 0.1) is 0 Å². The zero-order valence-corrected chi connectivity index (χ0v) is 16.2. The van der Waals surface area contributed by atoms with Crippen molar-refractivity contribution < 1.29 is 9.32 Å². The average Bonchev–Trinajstić information content (AvgIpc) is 3.26. The molecule has 144 valence electrons. The number of carbonyl (C=O) groups is 1. The predicted octanol–water partition coefficient (Wildman–Crippen LogP) is 1.84. The van der Waals surface area contributed by atoms with Crippen molar-refractivity contribution in [2.45, 2.75) is 45.2 Å². The number of aromatic nitrogens is 2. The van der Waals surface area contributed by atoms with Gasteiger partial charge in [0, 0.05) is 31.1 Å². The normalized spacial score (nSPS) is 18.1. The van der Waals surface area contributed by atoms with E-state index in [0.29, 0.717) is 37.2 Å². The molecule has 1 aliphatic heterocycles. The molecule has 1 aromatic heterocycles. The maximum atomic E-state index is 12.3. The molecule has 2 N–H and O–H groups in total. The first-order valence-electron chi connectivity index (χ1n) is 9.02. The topological polar surface area (TPSA) is 95.6 Å². The molecule has 1 amide bonds. The Kier molecular flexibility index (Phi) is 5.43. The number of para-hydroxylation sites is 1. The largest absolute Gasteiger partial charge is 0.351 e. The predicted molar refractivity (Wildman–Crippen MR) is 104 cm³/mol. The molecule has 0 bridgehead atoms. The molecule has 0 saturated carbocycles. The minimum Gasteiger partial charge on any atom is -0.351 e. The van der Waals surface area contributed by atoms with Crippen molar-refractivity contribution in [3.05, 3.63) is 42.0 Å². The molecule has 1 unspecified atom stereocenters. The van der Waals surface area contributed by atoms with Crippen LogP contribution in [-0.2, 0) is 16.8 Å². The monoisotopic (exact) mass is 370 g/mol. The fourth-order valence-electron chi connectivity index (χ4n) is 2.84. The highest BCUT2D eigenvalue weighted by atomic mass is 16.5. The summed E-state index contributed by atoms with van der Waals surface area (Å²) in [6, 6.07) is 9.67. The lowest BCUT2D eigenvalue weighted by atomic mass is 9.97. The second-order valence-corrected chi connectivity index (χ2v) is 7.58. The van der Waals surface area contributed by atoms with E-state index in [1.54, 1.807) is 11.9 Å². The maximum absolute atomic E-state index is 12.3. The van der Waals surface area contributed by atoms with Gasteiger partial charge in [0.25, 0.3) is 0 Å². The first kappa shape index (κ1) is 18.9. The fourth-order valence-corrected chi connectivity index (χ4v) is 2.84. The van der Waals surface area contributed by atoms with Gasteiger partial charge < -0.3 is 20.1 Å². The first-order chi connectivity index (χ1) is 12.9. The molecule has 1 atom stereocenters. The third-order valence-electron chi connectivity index (χ3n) is 4.28. The molecular weight excluding hydrogens is 344 g/mol. The standard InChI is InChI=1S/C19H26N6O2/c1-19(2,3)17-23-15(24-27-17)11-21-18(20-4)22-13-10-16(26)25(12-13)14-8-6-5-7-9-14/h5-9,13H,10-12H2,1-4H3,(H2,20,21,22). The second-order valence-electron chi connectivity index (χ2n) is 7.58. The van der Waals surface area contributed by atoms with Gasteiger partial charge >= 0.3 is 0 Å². The smallest absolute Gasteiger partial charge is 0.232 e. The average molecular weight is 370 g/mol. The van der Waals surface area contributed by atoms with E-state index in [4.69, 9.17) is 4.52 Å². The van der Waals surface area contributed by atoms with Gasteiger partial charge in [-0.05, 0) is 12.1 Å². The summed E-state index contributed by atoms with van der Waals surface area (Å²) in [6.07, 6.45) is 0.423. The van der Waals surface area contributed by atoms with E-state index in [0.717, 1.165) is 5.69 Å². The van der Waals surface area contributed by atoms with Crippen molar-refractivity contribution in [1.82, 2.24) is 20.8 Å². The van der Waals surface area contributed by atoms with Crippen LogP contribution >= 0.6 is 0 Å². The number of guanidine groups is 1. The quantitative estimate of drug-likeness (QED) is 0.630. The van der Waals surface area contributed by atoms with Crippen LogP contribution in [0.5, 0.6) is 0 Å². The lowest BCUT2D eigenvalue weighted by molar-refractivity contribution is -0.117. The highest BCUT2D eigenvalue weighted by molar-refractivity contribution is 5.97. The molecule has 8 heteroatoms. The molecule has 0 spiro atoms. The van der Waals surface area contributed by atoms with Crippen LogP contribution in [-0.4, -0.2) is 41.6 Å². The van der Waals surface area contributed by atoms with Gasteiger partial charge in [-0.15, -0.1) is 0 Å². The van der Waals surface area contributed by atoms with Crippen molar-refractivity contribution in [2.24, 2.45) is 4.99 Å². The molecule has 8 nitrogen and oxygen atoms in total. The summed E-state index contributed by atoms with van der Waals surface area (Å²) in [5.74, 6) is 1.87. The van der Waals surface area contributed by atoms with Crippen molar-refractivity contribution in [3.63, 3.8) is 0 Å². The number of amides is 1. The van der Waals surface area contributed by atoms with Crippen molar-refractivity contribution in [3.8, 4) is 0 Å². The van der Waals surface area contributed by atoms with Crippen LogP contribution < -0.4 is 15.5 Å². The van der Waals surface area contributed by atoms with Gasteiger partial charge in [0.05, 0.1) is 12.6 Å². The van der Waals surface area contributed by atoms with Gasteiger partial charge in [-0.1, -0.05) is 44.1 Å². The van der Waals surface area contributed by atoms with E-state index in [9.17, 15) is 4.79 Å². The molecule has 3 rings (SSSR count). The highest BCUT2D eigenvalue weighted by Crippen LogP contribution is 2.21. The lowest BCUT2D eigenvalue weighted by Gasteiger charge is -2.18. The Balaban J connectivity index is 1.55. The summed E-state index contributed by atoms with van der Waals surface area (Å²) < 4.78 is 5.29. The van der Waals surface area contributed by atoms with E-state index < -0.39 is 0 Å². The minimum absolute atomic E-state index is 0.0145. The van der Waals surface area contributed by atoms with Crippen LogP contribution in [0.25, 0.3) is 0 Å². The number of aliphatic imine (C=N–C) groups is 1. The third kappa shape index (κ3) is 4.64. The number of nitrogens with zero attached hydrogens (tertiary/aromatic N) is 4. The van der Waals surface area contributed by atoms with E-state index in [2.05, 4.69) is 25.8 Å². The molecule has 27 heavy (non-hydrogen) atoms. The van der Waals surface area contributed by atoms with Gasteiger partial charge in [0.1, 0.15) is 0 Å². The fraction of sp³-hybridized carbons (Fsp3) is 0.474. The molecule has 1 aromatic carbocycles. The van der Waals surface area contributed by atoms with Crippen molar-refractivity contribution >= 4 is 17.6 Å². The summed E-state index contributed by atoms with van der Waals surface area (Å²) >= 11 is 0. The lowest BCUT2D eigenvalue weighted by Crippen LogP contribution is -2.44. The Morgan fingerprint density at radius 2 is 2.07 bits per heavy atom. The van der Waals surface area contributed by atoms with E-state index in [1.807, 2.05) is 51.1 Å². The molecule has 2 heterocycles. The van der Waals surface area contributed by atoms with Gasteiger partial charge in [-0.2, -0.15) is 4.98 Å². The molecule has 1 saturated heterocycles. The molecule has 0 aliphatic carbocycles. The number of carbonyl (C=O) groups excluding carboxylic acids is 1. The number of benzene rings is 1. The number of hydrogen-bond donors (Lipinski definition) is 2. The molecule has 0 radical (unpaired) electrons. The number of rotatable bonds is 4. The Morgan fingerprint density at radius 1 is 1.33 bits per heavy atom. The van der Waals surface area contributed by atoms with E-state index in [1.165, 1.54) is 0 Å². The van der Waals surface area contributed by atoms with Crippen LogP contribution in [0.1, 0.15) is 38.9 Å². The Bertz CT molecular complexity index is 809. The van der Waals surface area contributed by atoms with E-state index >= 15 is 0 Å². The highest BCUT2D eigenvalue weighted by Gasteiger charge is 2.31. The summed E-state index contributed by atoms with van der Waals surface area (Å²) in [7, 11) is 1.69. The number of hydrogen-bond acceptors (Lipinski definition) is 5. The van der Waals surface area contributed by atoms with Crippen LogP contribution in [0.3, 0.4) is 0 Å². The first-order valence-corrected chi connectivity index (χ1v) is 9.02. The maximum Gasteiger partial charge on any atom is 0.232 e. The SMILES string of the molecule is CN=C(NCc1noc(C(C)(C)C)n1)NC1CC(=O)N(c2ccccc2)C1. The molecule has 1 fully saturated rings. The van der Waals surface area contributed by atoms with Crippen LogP contribution in [0.4, 0.5) is 5.69 Å². The summed E-state index contributed by atoms with van der Waals surface area (Å²) in [6.45, 7) is 7.05. The van der Waals surface area contributed by atoms with Gasteiger partial charge in [0.15, 0.2) is 11.8 Å². The number of anilines is 1. The second kappa shape index (κ2) is 7.77. The molecular formula is C19H26N6O2. The van der Waals surface area contributed by atoms with Crippen LogP contribution in [0.2, 0.25) is 0 Å². The number of nitrogens with one attached hydrogen (secondary N) is 2. The summed E-state index contributed by atoms with van der Waals surface area (Å²) in [5, 5.41) is 10.5.